The summed E-state index contributed by atoms with van der Waals surface area (Å²) in [7, 11) is 0. The Balaban J connectivity index is 2.14. The molecule has 0 heteroatoms. The Bertz CT molecular complexity index is 86.0. The molecule has 1 saturated carbocycles. The lowest BCUT2D eigenvalue weighted by molar-refractivity contribution is 0.380. The summed E-state index contributed by atoms with van der Waals surface area (Å²) >= 11 is 0. The van der Waals surface area contributed by atoms with E-state index >= 15 is 0 Å². The third-order valence-electron chi connectivity index (χ3n) is 2.97. The first-order valence-electron chi connectivity index (χ1n) is 4.84. The highest BCUT2D eigenvalue weighted by atomic mass is 14.3. The molecule has 1 rings (SSSR count). The van der Waals surface area contributed by atoms with E-state index in [1.165, 1.54) is 38.5 Å². The van der Waals surface area contributed by atoms with Gasteiger partial charge >= 0.3 is 0 Å². The minimum Gasteiger partial charge on any atom is -0.0654 e. The zero-order chi connectivity index (χ0) is 7.40. The summed E-state index contributed by atoms with van der Waals surface area (Å²) in [5, 5.41) is 0. The number of hydrogen-bond donors (Lipinski definition) is 0. The van der Waals surface area contributed by atoms with Crippen molar-refractivity contribution in [2.24, 2.45) is 11.8 Å². The van der Waals surface area contributed by atoms with Gasteiger partial charge in [-0.25, -0.2) is 0 Å². The summed E-state index contributed by atoms with van der Waals surface area (Å²) in [6.07, 6.45) is 8.83. The molecule has 0 aromatic heterocycles. The van der Waals surface area contributed by atoms with Crippen molar-refractivity contribution in [3.8, 4) is 0 Å². The summed E-state index contributed by atoms with van der Waals surface area (Å²) in [5.74, 6) is 2.12. The van der Waals surface area contributed by atoms with Gasteiger partial charge in [-0.15, -0.1) is 0 Å². The van der Waals surface area contributed by atoms with E-state index in [9.17, 15) is 0 Å². The quantitative estimate of drug-likeness (QED) is 0.561. The van der Waals surface area contributed by atoms with Crippen molar-refractivity contribution in [1.29, 1.82) is 0 Å². The zero-order valence-electron chi connectivity index (χ0n) is 7.40. The maximum Gasteiger partial charge on any atom is -0.0388 e. The molecule has 0 radical (unpaired) electrons. The van der Waals surface area contributed by atoms with Crippen LogP contribution in [-0.2, 0) is 0 Å². The van der Waals surface area contributed by atoms with E-state index in [4.69, 9.17) is 0 Å². The molecule has 0 aromatic carbocycles. The molecule has 0 nitrogen and oxygen atoms in total. The monoisotopic (exact) mass is 140 g/mol. The van der Waals surface area contributed by atoms with Crippen molar-refractivity contribution in [2.45, 2.75) is 52.4 Å². The van der Waals surface area contributed by atoms with E-state index in [-0.39, 0.29) is 0 Å². The lowest BCUT2D eigenvalue weighted by Crippen LogP contribution is -2.02. The fourth-order valence-corrected chi connectivity index (χ4v) is 2.12. The fraction of sp³-hybridized carbons (Fsp3) is 1.00. The molecule has 0 spiro atoms. The third-order valence-corrected chi connectivity index (χ3v) is 2.97. The summed E-state index contributed by atoms with van der Waals surface area (Å²) in [4.78, 5) is 0. The largest absolute Gasteiger partial charge is 0.0654 e. The van der Waals surface area contributed by atoms with Gasteiger partial charge in [-0.05, 0) is 11.8 Å². The minimum atomic E-state index is 1.03. The van der Waals surface area contributed by atoms with Crippen molar-refractivity contribution in [1.82, 2.24) is 0 Å². The standard InChI is InChI=1S/C10H20/c1-3-4-7-10-8-5-6-9(10)2/h9-10H,3-8H2,1-2H3/t9?,10-/m1/s1. The topological polar surface area (TPSA) is 0 Å². The van der Waals surface area contributed by atoms with Crippen molar-refractivity contribution in [2.75, 3.05) is 0 Å². The van der Waals surface area contributed by atoms with E-state index in [1.807, 2.05) is 0 Å². The smallest absolute Gasteiger partial charge is 0.0388 e. The Morgan fingerprint density at radius 3 is 2.60 bits per heavy atom. The number of hydrogen-bond acceptors (Lipinski definition) is 0. The molecule has 0 heterocycles. The van der Waals surface area contributed by atoms with Crippen LogP contribution in [-0.4, -0.2) is 0 Å². The molecule has 1 unspecified atom stereocenters. The molecule has 0 bridgehead atoms. The van der Waals surface area contributed by atoms with Crippen LogP contribution < -0.4 is 0 Å². The van der Waals surface area contributed by atoms with Crippen LogP contribution in [0.4, 0.5) is 0 Å². The Hall–Kier alpha value is 0. The number of rotatable bonds is 3. The normalized spacial score (nSPS) is 33.0. The Labute approximate surface area is 65.0 Å². The second-order valence-electron chi connectivity index (χ2n) is 3.81. The van der Waals surface area contributed by atoms with Crippen LogP contribution in [0, 0.1) is 11.8 Å². The van der Waals surface area contributed by atoms with E-state index in [0.717, 1.165) is 11.8 Å². The molecule has 0 aromatic rings. The van der Waals surface area contributed by atoms with Crippen LogP contribution in [0.1, 0.15) is 52.4 Å². The molecule has 0 N–H and O–H groups in total. The van der Waals surface area contributed by atoms with Gasteiger partial charge in [0.25, 0.3) is 0 Å². The van der Waals surface area contributed by atoms with Crippen LogP contribution in [0.5, 0.6) is 0 Å². The second-order valence-corrected chi connectivity index (χ2v) is 3.81. The SMILES string of the molecule is CCCC[C@@H]1CCCC1C. The van der Waals surface area contributed by atoms with Crippen molar-refractivity contribution in [3.63, 3.8) is 0 Å². The molecule has 1 fully saturated rings. The van der Waals surface area contributed by atoms with Crippen molar-refractivity contribution < 1.29 is 0 Å². The summed E-state index contributed by atoms with van der Waals surface area (Å²) < 4.78 is 0. The van der Waals surface area contributed by atoms with Gasteiger partial charge in [-0.3, -0.25) is 0 Å². The molecular weight excluding hydrogens is 120 g/mol. The predicted octanol–water partition coefficient (Wildman–Crippen LogP) is 3.61. The highest BCUT2D eigenvalue weighted by Gasteiger charge is 2.21. The minimum absolute atomic E-state index is 1.03. The first-order valence-corrected chi connectivity index (χ1v) is 4.84. The lowest BCUT2D eigenvalue weighted by Gasteiger charge is -2.13. The molecule has 10 heavy (non-hydrogen) atoms. The lowest BCUT2D eigenvalue weighted by atomic mass is 9.93. The third kappa shape index (κ3) is 2.00. The molecule has 1 aliphatic carbocycles. The molecule has 0 aliphatic heterocycles. The van der Waals surface area contributed by atoms with Crippen LogP contribution >= 0.6 is 0 Å². The first-order chi connectivity index (χ1) is 4.84. The molecule has 0 saturated heterocycles. The highest BCUT2D eigenvalue weighted by molar-refractivity contribution is 4.73. The first kappa shape index (κ1) is 8.10. The van der Waals surface area contributed by atoms with Gasteiger partial charge in [0, 0.05) is 0 Å². The highest BCUT2D eigenvalue weighted by Crippen LogP contribution is 2.34. The number of unbranched alkanes of at least 4 members (excludes halogenated alkanes) is 1. The average molecular weight is 140 g/mol. The van der Waals surface area contributed by atoms with Crippen molar-refractivity contribution in [3.05, 3.63) is 0 Å². The van der Waals surface area contributed by atoms with Crippen LogP contribution in [0.3, 0.4) is 0 Å². The van der Waals surface area contributed by atoms with E-state index in [0.29, 0.717) is 0 Å². The van der Waals surface area contributed by atoms with Gasteiger partial charge in [-0.2, -0.15) is 0 Å². The van der Waals surface area contributed by atoms with Gasteiger partial charge in [0.2, 0.25) is 0 Å². The molecule has 1 aliphatic rings. The van der Waals surface area contributed by atoms with Gasteiger partial charge in [-0.1, -0.05) is 52.4 Å². The summed E-state index contributed by atoms with van der Waals surface area (Å²) in [5.41, 5.74) is 0. The van der Waals surface area contributed by atoms with Crippen LogP contribution in [0.2, 0.25) is 0 Å². The molecule has 60 valence electrons. The Morgan fingerprint density at radius 2 is 2.10 bits per heavy atom. The van der Waals surface area contributed by atoms with Crippen LogP contribution in [0.15, 0.2) is 0 Å². The maximum absolute atomic E-state index is 2.42. The maximum atomic E-state index is 2.42. The van der Waals surface area contributed by atoms with Crippen molar-refractivity contribution >= 4 is 0 Å². The van der Waals surface area contributed by atoms with E-state index in [2.05, 4.69) is 13.8 Å². The average Bonchev–Trinajstić information content (AvgIpc) is 2.31. The summed E-state index contributed by atoms with van der Waals surface area (Å²) in [6, 6.07) is 0. The van der Waals surface area contributed by atoms with E-state index < -0.39 is 0 Å². The van der Waals surface area contributed by atoms with Gasteiger partial charge in [0.05, 0.1) is 0 Å². The van der Waals surface area contributed by atoms with E-state index in [1.54, 1.807) is 0 Å². The molecule has 2 atom stereocenters. The fourth-order valence-electron chi connectivity index (χ4n) is 2.12. The van der Waals surface area contributed by atoms with Gasteiger partial charge in [0.15, 0.2) is 0 Å². The predicted molar refractivity (Wildman–Crippen MR) is 46.0 cm³/mol. The second kappa shape index (κ2) is 4.00. The van der Waals surface area contributed by atoms with Gasteiger partial charge in [0.1, 0.15) is 0 Å². The summed E-state index contributed by atoms with van der Waals surface area (Å²) in [6.45, 7) is 4.72. The van der Waals surface area contributed by atoms with Crippen LogP contribution in [0.25, 0.3) is 0 Å². The van der Waals surface area contributed by atoms with Gasteiger partial charge < -0.3 is 0 Å². The Morgan fingerprint density at radius 1 is 1.30 bits per heavy atom. The molecular formula is C10H20. The Kier molecular flexibility index (Phi) is 3.24. The molecule has 0 amide bonds. The zero-order valence-corrected chi connectivity index (χ0v) is 7.40.